The average molecular weight is 431 g/mol. The van der Waals surface area contributed by atoms with Gasteiger partial charge in [-0.2, -0.15) is 4.98 Å². The standard InChI is InChI=1S/C16H20BrN5O2.ClH/c1-22-9-8-18-10-13(22)15-20-14(24-21-15)6-7-19-16(23)11-2-4-12(17)5-3-11;/h2-5,13,18H,6-10H2,1H3,(H,19,23);1H. The number of nitrogens with zero attached hydrogens (tertiary/aromatic N) is 3. The van der Waals surface area contributed by atoms with E-state index in [4.69, 9.17) is 4.52 Å². The number of benzene rings is 1. The Morgan fingerprint density at radius 3 is 2.92 bits per heavy atom. The molecule has 1 aliphatic rings. The molecule has 2 aromatic rings. The fourth-order valence-electron chi connectivity index (χ4n) is 2.59. The summed E-state index contributed by atoms with van der Waals surface area (Å²) in [6.45, 7) is 3.20. The van der Waals surface area contributed by atoms with Gasteiger partial charge in [0.05, 0.1) is 6.04 Å². The second kappa shape index (κ2) is 9.28. The maximum atomic E-state index is 12.0. The fourth-order valence-corrected chi connectivity index (χ4v) is 2.85. The molecule has 9 heteroatoms. The van der Waals surface area contributed by atoms with Crippen molar-refractivity contribution in [3.63, 3.8) is 0 Å². The number of likely N-dealkylation sites (N-methyl/N-ethyl adjacent to an activating group) is 1. The minimum Gasteiger partial charge on any atom is -0.352 e. The van der Waals surface area contributed by atoms with Gasteiger partial charge in [0.25, 0.3) is 5.91 Å². The van der Waals surface area contributed by atoms with Crippen LogP contribution in [0.15, 0.2) is 33.3 Å². The molecule has 1 fully saturated rings. The molecule has 1 unspecified atom stereocenters. The van der Waals surface area contributed by atoms with Crippen molar-refractivity contribution in [2.45, 2.75) is 12.5 Å². The maximum Gasteiger partial charge on any atom is 0.251 e. The molecule has 7 nitrogen and oxygen atoms in total. The molecule has 0 radical (unpaired) electrons. The number of amides is 1. The van der Waals surface area contributed by atoms with Crippen molar-refractivity contribution < 1.29 is 9.32 Å². The molecule has 0 spiro atoms. The number of piperazine rings is 1. The van der Waals surface area contributed by atoms with Crippen LogP contribution in [0.3, 0.4) is 0 Å². The molecule has 1 saturated heterocycles. The van der Waals surface area contributed by atoms with Crippen molar-refractivity contribution in [2.24, 2.45) is 0 Å². The predicted octanol–water partition coefficient (Wildman–Crippen LogP) is 1.80. The minimum absolute atomic E-state index is 0. The molecule has 1 aromatic heterocycles. The van der Waals surface area contributed by atoms with Crippen LogP contribution < -0.4 is 10.6 Å². The van der Waals surface area contributed by atoms with E-state index in [0.29, 0.717) is 30.2 Å². The largest absolute Gasteiger partial charge is 0.352 e. The topological polar surface area (TPSA) is 83.3 Å². The van der Waals surface area contributed by atoms with Crippen molar-refractivity contribution in [2.75, 3.05) is 33.2 Å². The lowest BCUT2D eigenvalue weighted by atomic mass is 10.2. The van der Waals surface area contributed by atoms with Crippen LogP contribution in [0.4, 0.5) is 0 Å². The highest BCUT2D eigenvalue weighted by Gasteiger charge is 2.25. The Hall–Kier alpha value is -1.48. The Morgan fingerprint density at radius 2 is 2.20 bits per heavy atom. The Balaban J connectivity index is 0.00000225. The Labute approximate surface area is 161 Å². The first-order chi connectivity index (χ1) is 11.6. The zero-order chi connectivity index (χ0) is 16.9. The average Bonchev–Trinajstić information content (AvgIpc) is 3.04. The van der Waals surface area contributed by atoms with Crippen molar-refractivity contribution in [3.05, 3.63) is 46.0 Å². The summed E-state index contributed by atoms with van der Waals surface area (Å²) in [5.74, 6) is 1.12. The van der Waals surface area contributed by atoms with Gasteiger partial charge in [-0.25, -0.2) is 0 Å². The molecule has 136 valence electrons. The molecule has 2 N–H and O–H groups in total. The molecule has 1 amide bonds. The van der Waals surface area contributed by atoms with E-state index in [2.05, 4.69) is 48.7 Å². The van der Waals surface area contributed by atoms with E-state index in [1.54, 1.807) is 12.1 Å². The second-order valence-corrected chi connectivity index (χ2v) is 6.68. The van der Waals surface area contributed by atoms with Gasteiger partial charge in [0, 0.05) is 42.6 Å². The molecular formula is C16H21BrClN5O2. The molecule has 0 saturated carbocycles. The second-order valence-electron chi connectivity index (χ2n) is 5.76. The summed E-state index contributed by atoms with van der Waals surface area (Å²) in [6.07, 6.45) is 0.513. The van der Waals surface area contributed by atoms with E-state index < -0.39 is 0 Å². The first kappa shape index (κ1) is 19.8. The van der Waals surface area contributed by atoms with Gasteiger partial charge in [0.15, 0.2) is 5.82 Å². The van der Waals surface area contributed by atoms with E-state index in [-0.39, 0.29) is 24.4 Å². The van der Waals surface area contributed by atoms with Crippen molar-refractivity contribution in [1.82, 2.24) is 25.7 Å². The smallest absolute Gasteiger partial charge is 0.251 e. The van der Waals surface area contributed by atoms with Gasteiger partial charge in [-0.3, -0.25) is 9.69 Å². The number of carbonyl (C=O) groups excluding carboxylic acids is 1. The van der Waals surface area contributed by atoms with Gasteiger partial charge in [-0.15, -0.1) is 12.4 Å². The van der Waals surface area contributed by atoms with Gasteiger partial charge in [-0.1, -0.05) is 21.1 Å². The summed E-state index contributed by atoms with van der Waals surface area (Å²) < 4.78 is 6.24. The van der Waals surface area contributed by atoms with Gasteiger partial charge in [0.1, 0.15) is 0 Å². The highest BCUT2D eigenvalue weighted by molar-refractivity contribution is 9.10. The summed E-state index contributed by atoms with van der Waals surface area (Å²) in [4.78, 5) is 18.7. The third-order valence-electron chi connectivity index (χ3n) is 4.02. The number of nitrogens with one attached hydrogen (secondary N) is 2. The van der Waals surface area contributed by atoms with Crippen LogP contribution in [0, 0.1) is 0 Å². The first-order valence-electron chi connectivity index (χ1n) is 7.90. The normalized spacial score (nSPS) is 17.8. The molecule has 0 aliphatic carbocycles. The Morgan fingerprint density at radius 1 is 1.44 bits per heavy atom. The van der Waals surface area contributed by atoms with E-state index >= 15 is 0 Å². The molecule has 3 rings (SSSR count). The molecule has 1 aliphatic heterocycles. The number of hydrogen-bond donors (Lipinski definition) is 2. The van der Waals surface area contributed by atoms with Crippen molar-refractivity contribution >= 4 is 34.2 Å². The van der Waals surface area contributed by atoms with Crippen LogP contribution in [0.2, 0.25) is 0 Å². The van der Waals surface area contributed by atoms with Crippen LogP contribution in [0.25, 0.3) is 0 Å². The molecule has 25 heavy (non-hydrogen) atoms. The number of aromatic nitrogens is 2. The van der Waals surface area contributed by atoms with Gasteiger partial charge in [0.2, 0.25) is 5.89 Å². The lowest BCUT2D eigenvalue weighted by molar-refractivity contribution is 0.0953. The lowest BCUT2D eigenvalue weighted by Crippen LogP contribution is -2.44. The summed E-state index contributed by atoms with van der Waals surface area (Å²) in [5.41, 5.74) is 0.624. The third kappa shape index (κ3) is 5.24. The third-order valence-corrected chi connectivity index (χ3v) is 4.55. The van der Waals surface area contributed by atoms with Crippen molar-refractivity contribution in [3.8, 4) is 0 Å². The van der Waals surface area contributed by atoms with Crippen LogP contribution in [-0.2, 0) is 6.42 Å². The lowest BCUT2D eigenvalue weighted by Gasteiger charge is -2.30. The Kier molecular flexibility index (Phi) is 7.37. The number of hydrogen-bond acceptors (Lipinski definition) is 6. The summed E-state index contributed by atoms with van der Waals surface area (Å²) in [7, 11) is 2.06. The highest BCUT2D eigenvalue weighted by Crippen LogP contribution is 2.17. The maximum absolute atomic E-state index is 12.0. The molecule has 1 aromatic carbocycles. The quantitative estimate of drug-likeness (QED) is 0.753. The summed E-state index contributed by atoms with van der Waals surface area (Å²) in [5, 5.41) is 10.3. The van der Waals surface area contributed by atoms with Crippen molar-refractivity contribution in [1.29, 1.82) is 0 Å². The highest BCUT2D eigenvalue weighted by atomic mass is 79.9. The van der Waals surface area contributed by atoms with Gasteiger partial charge in [-0.05, 0) is 31.3 Å². The monoisotopic (exact) mass is 429 g/mol. The van der Waals surface area contributed by atoms with E-state index in [1.165, 1.54) is 0 Å². The van der Waals surface area contributed by atoms with E-state index in [1.807, 2.05) is 12.1 Å². The van der Waals surface area contributed by atoms with Crippen LogP contribution >= 0.6 is 28.3 Å². The summed E-state index contributed by atoms with van der Waals surface area (Å²) in [6, 6.07) is 7.36. The minimum atomic E-state index is -0.113. The Bertz CT molecular complexity index is 694. The predicted molar refractivity (Wildman–Crippen MR) is 100.0 cm³/mol. The molecular weight excluding hydrogens is 410 g/mol. The zero-order valence-corrected chi connectivity index (χ0v) is 16.3. The van der Waals surface area contributed by atoms with E-state index in [0.717, 1.165) is 24.1 Å². The number of rotatable bonds is 5. The van der Waals surface area contributed by atoms with Gasteiger partial charge >= 0.3 is 0 Å². The van der Waals surface area contributed by atoms with Crippen LogP contribution in [-0.4, -0.2) is 54.2 Å². The molecule has 2 heterocycles. The van der Waals surface area contributed by atoms with Crippen LogP contribution in [0.1, 0.15) is 28.1 Å². The zero-order valence-electron chi connectivity index (χ0n) is 13.9. The number of halogens is 2. The first-order valence-corrected chi connectivity index (χ1v) is 8.70. The summed E-state index contributed by atoms with van der Waals surface area (Å²) >= 11 is 3.35. The van der Waals surface area contributed by atoms with Crippen LogP contribution in [0.5, 0.6) is 0 Å². The van der Waals surface area contributed by atoms with Gasteiger partial charge < -0.3 is 15.2 Å². The molecule has 1 atom stereocenters. The fraction of sp³-hybridized carbons (Fsp3) is 0.438. The molecule has 0 bridgehead atoms. The number of carbonyl (C=O) groups is 1. The SMILES string of the molecule is CN1CCNCC1c1noc(CCNC(=O)c2ccc(Br)cc2)n1.Cl. The van der Waals surface area contributed by atoms with E-state index in [9.17, 15) is 4.79 Å².